The lowest BCUT2D eigenvalue weighted by atomic mass is 10.1. The van der Waals surface area contributed by atoms with Gasteiger partial charge in [0.2, 0.25) is 0 Å². The Kier molecular flexibility index (Phi) is 7.74. The zero-order valence-corrected chi connectivity index (χ0v) is 19.1. The van der Waals surface area contributed by atoms with Crippen LogP contribution in [-0.2, 0) is 17.9 Å². The predicted molar refractivity (Wildman–Crippen MR) is 122 cm³/mol. The minimum absolute atomic E-state index is 0.0547. The van der Waals surface area contributed by atoms with E-state index in [9.17, 15) is 4.79 Å². The van der Waals surface area contributed by atoms with E-state index in [1.807, 2.05) is 4.90 Å². The van der Waals surface area contributed by atoms with Gasteiger partial charge in [-0.2, -0.15) is 0 Å². The van der Waals surface area contributed by atoms with E-state index in [1.165, 1.54) is 6.26 Å². The number of piperazine rings is 1. The molecule has 1 amide bonds. The molecule has 0 aliphatic carbocycles. The smallest absolute Gasteiger partial charge is 0.289 e. The zero-order chi connectivity index (χ0) is 22.3. The Morgan fingerprint density at radius 3 is 2.45 bits per heavy atom. The molecule has 1 aromatic carbocycles. The number of nitrogens with one attached hydrogen (secondary N) is 1. The summed E-state index contributed by atoms with van der Waals surface area (Å²) in [6, 6.07) is 11.8. The number of aliphatic imine (C=N–C) groups is 1. The van der Waals surface area contributed by atoms with Crippen LogP contribution in [0.15, 0.2) is 52.1 Å². The molecule has 0 atom stereocenters. The summed E-state index contributed by atoms with van der Waals surface area (Å²) in [5.74, 6) is 1.22. The highest BCUT2D eigenvalue weighted by molar-refractivity contribution is 5.91. The molecule has 2 heterocycles. The number of nitrogens with zero attached hydrogens (tertiary/aromatic N) is 3. The third-order valence-corrected chi connectivity index (χ3v) is 5.01. The number of furan rings is 1. The topological polar surface area (TPSA) is 70.3 Å². The van der Waals surface area contributed by atoms with Gasteiger partial charge in [-0.1, -0.05) is 24.3 Å². The summed E-state index contributed by atoms with van der Waals surface area (Å²) < 4.78 is 11.1. The molecule has 0 bridgehead atoms. The number of guanidine groups is 1. The molecule has 2 aromatic rings. The fraction of sp³-hybridized carbons (Fsp3) is 0.500. The van der Waals surface area contributed by atoms with Crippen molar-refractivity contribution in [3.8, 4) is 0 Å². The average molecular weight is 427 g/mol. The standard InChI is InChI=1S/C24H34N4O3/c1-5-25-23(26-17-19-8-6-9-20(16-19)18-31-24(2,3)4)28-13-11-27(12-14-28)22(29)21-10-7-15-30-21/h6-10,15-16H,5,11-14,17-18H2,1-4H3,(H,25,26). The lowest BCUT2D eigenvalue weighted by Gasteiger charge is -2.36. The first-order valence-electron chi connectivity index (χ1n) is 10.9. The van der Waals surface area contributed by atoms with Gasteiger partial charge in [-0.15, -0.1) is 0 Å². The van der Waals surface area contributed by atoms with Gasteiger partial charge in [0.1, 0.15) is 0 Å². The molecular formula is C24H34N4O3. The normalized spacial score (nSPS) is 15.3. The summed E-state index contributed by atoms with van der Waals surface area (Å²) in [4.78, 5) is 21.4. The van der Waals surface area contributed by atoms with Crippen molar-refractivity contribution >= 4 is 11.9 Å². The van der Waals surface area contributed by atoms with Gasteiger partial charge in [0, 0.05) is 32.7 Å². The zero-order valence-electron chi connectivity index (χ0n) is 19.1. The Labute approximate surface area is 185 Å². The van der Waals surface area contributed by atoms with Gasteiger partial charge in [-0.3, -0.25) is 4.79 Å². The van der Waals surface area contributed by atoms with Gasteiger partial charge >= 0.3 is 0 Å². The summed E-state index contributed by atoms with van der Waals surface area (Å²) >= 11 is 0. The van der Waals surface area contributed by atoms with Gasteiger partial charge in [0.25, 0.3) is 5.91 Å². The first-order chi connectivity index (χ1) is 14.9. The summed E-state index contributed by atoms with van der Waals surface area (Å²) in [5.41, 5.74) is 2.14. The first kappa shape index (κ1) is 22.9. The van der Waals surface area contributed by atoms with Crippen LogP contribution in [0.5, 0.6) is 0 Å². The van der Waals surface area contributed by atoms with Gasteiger partial charge in [-0.05, 0) is 51.0 Å². The van der Waals surface area contributed by atoms with Crippen LogP contribution < -0.4 is 5.32 Å². The van der Waals surface area contributed by atoms with Crippen LogP contribution in [0.25, 0.3) is 0 Å². The minimum atomic E-state index is -0.160. The number of benzene rings is 1. The molecule has 31 heavy (non-hydrogen) atoms. The number of amides is 1. The number of hydrogen-bond acceptors (Lipinski definition) is 4. The Morgan fingerprint density at radius 1 is 1.10 bits per heavy atom. The summed E-state index contributed by atoms with van der Waals surface area (Å²) in [5, 5.41) is 3.38. The van der Waals surface area contributed by atoms with Crippen LogP contribution in [0.2, 0.25) is 0 Å². The van der Waals surface area contributed by atoms with Gasteiger partial charge in [-0.25, -0.2) is 4.99 Å². The van der Waals surface area contributed by atoms with Crippen LogP contribution in [0.1, 0.15) is 49.4 Å². The number of hydrogen-bond donors (Lipinski definition) is 1. The minimum Gasteiger partial charge on any atom is -0.459 e. The SMILES string of the molecule is CCNC(=NCc1cccc(COC(C)(C)C)c1)N1CCN(C(=O)c2ccco2)CC1. The van der Waals surface area contributed by atoms with Crippen molar-refractivity contribution in [3.05, 3.63) is 59.5 Å². The predicted octanol–water partition coefficient (Wildman–Crippen LogP) is 3.52. The van der Waals surface area contributed by atoms with E-state index in [4.69, 9.17) is 14.1 Å². The third-order valence-electron chi connectivity index (χ3n) is 5.01. The lowest BCUT2D eigenvalue weighted by molar-refractivity contribution is -0.0149. The van der Waals surface area contributed by atoms with E-state index < -0.39 is 0 Å². The molecule has 0 unspecified atom stereocenters. The van der Waals surface area contributed by atoms with E-state index in [2.05, 4.69) is 62.2 Å². The molecule has 1 fully saturated rings. The highest BCUT2D eigenvalue weighted by atomic mass is 16.5. The number of ether oxygens (including phenoxy) is 1. The van der Waals surface area contributed by atoms with Crippen LogP contribution in [0.4, 0.5) is 0 Å². The van der Waals surface area contributed by atoms with Gasteiger partial charge in [0.15, 0.2) is 11.7 Å². The number of rotatable bonds is 6. The molecule has 0 radical (unpaired) electrons. The summed E-state index contributed by atoms with van der Waals surface area (Å²) in [7, 11) is 0. The monoisotopic (exact) mass is 426 g/mol. The maximum absolute atomic E-state index is 12.5. The van der Waals surface area contributed by atoms with E-state index in [0.717, 1.165) is 36.7 Å². The van der Waals surface area contributed by atoms with Gasteiger partial charge < -0.3 is 24.3 Å². The molecule has 7 heteroatoms. The largest absolute Gasteiger partial charge is 0.459 e. The Balaban J connectivity index is 1.59. The van der Waals surface area contributed by atoms with E-state index in [0.29, 0.717) is 32.0 Å². The molecule has 1 aromatic heterocycles. The van der Waals surface area contributed by atoms with Crippen LogP contribution in [0.3, 0.4) is 0 Å². The third kappa shape index (κ3) is 6.85. The molecule has 168 valence electrons. The molecule has 1 aliphatic rings. The molecular weight excluding hydrogens is 392 g/mol. The fourth-order valence-corrected chi connectivity index (χ4v) is 3.39. The van der Waals surface area contributed by atoms with Crippen molar-refractivity contribution in [3.63, 3.8) is 0 Å². The fourth-order valence-electron chi connectivity index (χ4n) is 3.39. The first-order valence-corrected chi connectivity index (χ1v) is 10.9. The second-order valence-corrected chi connectivity index (χ2v) is 8.65. The molecule has 0 spiro atoms. The average Bonchev–Trinajstić information content (AvgIpc) is 3.30. The van der Waals surface area contributed by atoms with Crippen LogP contribution in [0, 0.1) is 0 Å². The van der Waals surface area contributed by atoms with Crippen LogP contribution >= 0.6 is 0 Å². The molecule has 1 saturated heterocycles. The van der Waals surface area contributed by atoms with Crippen molar-refractivity contribution in [1.82, 2.24) is 15.1 Å². The second-order valence-electron chi connectivity index (χ2n) is 8.65. The lowest BCUT2D eigenvalue weighted by Crippen LogP contribution is -2.53. The molecule has 3 rings (SSSR count). The van der Waals surface area contributed by atoms with E-state index >= 15 is 0 Å². The molecule has 7 nitrogen and oxygen atoms in total. The van der Waals surface area contributed by atoms with Crippen molar-refractivity contribution < 1.29 is 13.9 Å². The molecule has 1 N–H and O–H groups in total. The van der Waals surface area contributed by atoms with E-state index in [-0.39, 0.29) is 11.5 Å². The van der Waals surface area contributed by atoms with Crippen molar-refractivity contribution in [2.75, 3.05) is 32.7 Å². The highest BCUT2D eigenvalue weighted by Crippen LogP contribution is 2.14. The van der Waals surface area contributed by atoms with Gasteiger partial charge in [0.05, 0.1) is 25.0 Å². The maximum Gasteiger partial charge on any atom is 0.289 e. The number of carbonyl (C=O) groups is 1. The Hall–Kier alpha value is -2.80. The maximum atomic E-state index is 12.5. The molecule has 0 saturated carbocycles. The molecule has 1 aliphatic heterocycles. The van der Waals surface area contributed by atoms with Crippen molar-refractivity contribution in [2.45, 2.75) is 46.4 Å². The summed E-state index contributed by atoms with van der Waals surface area (Å²) in [6.45, 7) is 13.0. The second kappa shape index (κ2) is 10.5. The van der Waals surface area contributed by atoms with Crippen molar-refractivity contribution in [2.24, 2.45) is 4.99 Å². The highest BCUT2D eigenvalue weighted by Gasteiger charge is 2.25. The van der Waals surface area contributed by atoms with Crippen molar-refractivity contribution in [1.29, 1.82) is 0 Å². The summed E-state index contributed by atoms with van der Waals surface area (Å²) in [6.07, 6.45) is 1.53. The van der Waals surface area contributed by atoms with Crippen LogP contribution in [-0.4, -0.2) is 60.0 Å². The number of carbonyl (C=O) groups excluding carboxylic acids is 1. The quantitative estimate of drug-likeness (QED) is 0.565. The Morgan fingerprint density at radius 2 is 1.81 bits per heavy atom. The Bertz CT molecular complexity index is 863. The van der Waals surface area contributed by atoms with E-state index in [1.54, 1.807) is 12.1 Å².